The van der Waals surface area contributed by atoms with Gasteiger partial charge in [-0.2, -0.15) is 0 Å². The summed E-state index contributed by atoms with van der Waals surface area (Å²) >= 11 is 0. The predicted octanol–water partition coefficient (Wildman–Crippen LogP) is 1.58. The summed E-state index contributed by atoms with van der Waals surface area (Å²) in [7, 11) is 1.59. The van der Waals surface area contributed by atoms with Crippen molar-refractivity contribution in [2.24, 2.45) is 5.73 Å². The molecule has 0 atom stereocenters. The highest BCUT2D eigenvalue weighted by Crippen LogP contribution is 2.21. The molecular formula is C8H14Cl2N2O. The normalized spacial score (nSPS) is 8.15. The van der Waals surface area contributed by atoms with E-state index < -0.39 is 0 Å². The third kappa shape index (κ3) is 3.72. The first-order valence-electron chi connectivity index (χ1n) is 3.40. The number of anilines is 1. The summed E-state index contributed by atoms with van der Waals surface area (Å²) in [6, 6.07) is 5.53. The average molecular weight is 225 g/mol. The van der Waals surface area contributed by atoms with Gasteiger partial charge in [-0.1, -0.05) is 6.07 Å². The van der Waals surface area contributed by atoms with Crippen molar-refractivity contribution in [3.8, 4) is 5.75 Å². The Hall–Kier alpha value is -0.640. The molecule has 0 saturated heterocycles. The second-order valence-corrected chi connectivity index (χ2v) is 2.28. The number of nitrogen functional groups attached to an aromatic ring is 1. The number of halogens is 2. The number of hydrogen-bond donors (Lipinski definition) is 2. The number of nitrogens with two attached hydrogens (primary N) is 2. The molecule has 13 heavy (non-hydrogen) atoms. The van der Waals surface area contributed by atoms with Gasteiger partial charge in [0.05, 0.1) is 12.8 Å². The lowest BCUT2D eigenvalue weighted by atomic mass is 10.2. The Morgan fingerprint density at radius 1 is 1.31 bits per heavy atom. The van der Waals surface area contributed by atoms with E-state index in [0.29, 0.717) is 18.0 Å². The Bertz CT molecular complexity index is 256. The third-order valence-electron chi connectivity index (χ3n) is 1.53. The molecule has 0 aliphatic heterocycles. The molecule has 4 N–H and O–H groups in total. The van der Waals surface area contributed by atoms with Gasteiger partial charge in [-0.3, -0.25) is 0 Å². The van der Waals surface area contributed by atoms with Crippen molar-refractivity contribution in [2.75, 3.05) is 12.8 Å². The van der Waals surface area contributed by atoms with Crippen molar-refractivity contribution in [2.45, 2.75) is 6.54 Å². The van der Waals surface area contributed by atoms with Gasteiger partial charge in [0.15, 0.2) is 0 Å². The molecule has 0 aliphatic rings. The van der Waals surface area contributed by atoms with Crippen LogP contribution in [0, 0.1) is 0 Å². The zero-order valence-electron chi connectivity index (χ0n) is 7.32. The van der Waals surface area contributed by atoms with E-state index in [0.717, 1.165) is 5.56 Å². The average Bonchev–Trinajstić information content (AvgIpc) is 2.04. The first-order chi connectivity index (χ1) is 5.27. The van der Waals surface area contributed by atoms with Crippen LogP contribution in [0.3, 0.4) is 0 Å². The minimum absolute atomic E-state index is 0. The minimum atomic E-state index is 0. The third-order valence-corrected chi connectivity index (χ3v) is 1.53. The van der Waals surface area contributed by atoms with Crippen LogP contribution in [0.2, 0.25) is 0 Å². The van der Waals surface area contributed by atoms with Gasteiger partial charge in [-0.05, 0) is 17.7 Å². The topological polar surface area (TPSA) is 61.3 Å². The second kappa shape index (κ2) is 6.83. The van der Waals surface area contributed by atoms with Crippen LogP contribution in [0.5, 0.6) is 5.75 Å². The van der Waals surface area contributed by atoms with Gasteiger partial charge in [0.1, 0.15) is 5.75 Å². The van der Waals surface area contributed by atoms with Crippen molar-refractivity contribution in [1.82, 2.24) is 0 Å². The molecule has 0 radical (unpaired) electrons. The monoisotopic (exact) mass is 224 g/mol. The van der Waals surface area contributed by atoms with E-state index in [-0.39, 0.29) is 24.8 Å². The summed E-state index contributed by atoms with van der Waals surface area (Å²) in [5.41, 5.74) is 12.7. The summed E-state index contributed by atoms with van der Waals surface area (Å²) in [6.45, 7) is 0.508. The zero-order chi connectivity index (χ0) is 8.27. The SMILES string of the molecule is COc1ccc(CN)cc1N.Cl.Cl. The summed E-state index contributed by atoms with van der Waals surface area (Å²) < 4.78 is 4.98. The smallest absolute Gasteiger partial charge is 0.141 e. The van der Waals surface area contributed by atoms with Crippen molar-refractivity contribution in [3.63, 3.8) is 0 Å². The van der Waals surface area contributed by atoms with Crippen LogP contribution in [-0.4, -0.2) is 7.11 Å². The van der Waals surface area contributed by atoms with E-state index in [9.17, 15) is 0 Å². The van der Waals surface area contributed by atoms with Gasteiger partial charge in [-0.15, -0.1) is 24.8 Å². The first kappa shape index (κ1) is 14.9. The molecule has 0 aromatic heterocycles. The maximum absolute atomic E-state index is 5.63. The van der Waals surface area contributed by atoms with Gasteiger partial charge < -0.3 is 16.2 Å². The largest absolute Gasteiger partial charge is 0.495 e. The lowest BCUT2D eigenvalue weighted by Crippen LogP contribution is -1.98. The van der Waals surface area contributed by atoms with E-state index in [1.54, 1.807) is 7.11 Å². The number of ether oxygens (including phenoxy) is 1. The molecule has 0 amide bonds. The number of methoxy groups -OCH3 is 1. The molecule has 0 aliphatic carbocycles. The molecule has 1 aromatic rings. The molecule has 0 saturated carbocycles. The number of benzene rings is 1. The highest BCUT2D eigenvalue weighted by molar-refractivity contribution is 5.85. The second-order valence-electron chi connectivity index (χ2n) is 2.28. The van der Waals surface area contributed by atoms with Crippen molar-refractivity contribution in [1.29, 1.82) is 0 Å². The lowest BCUT2D eigenvalue weighted by molar-refractivity contribution is 0.417. The minimum Gasteiger partial charge on any atom is -0.495 e. The Morgan fingerprint density at radius 3 is 2.31 bits per heavy atom. The fraction of sp³-hybridized carbons (Fsp3) is 0.250. The van der Waals surface area contributed by atoms with E-state index in [4.69, 9.17) is 16.2 Å². The quantitative estimate of drug-likeness (QED) is 0.751. The maximum atomic E-state index is 5.63. The van der Waals surface area contributed by atoms with Crippen molar-refractivity contribution in [3.05, 3.63) is 23.8 Å². The van der Waals surface area contributed by atoms with E-state index in [1.165, 1.54) is 0 Å². The van der Waals surface area contributed by atoms with Gasteiger partial charge >= 0.3 is 0 Å². The van der Waals surface area contributed by atoms with Gasteiger partial charge in [0.25, 0.3) is 0 Å². The molecule has 0 unspecified atom stereocenters. The van der Waals surface area contributed by atoms with Crippen LogP contribution in [0.4, 0.5) is 5.69 Å². The van der Waals surface area contributed by atoms with Crippen LogP contribution in [0.15, 0.2) is 18.2 Å². The molecule has 0 heterocycles. The van der Waals surface area contributed by atoms with E-state index >= 15 is 0 Å². The van der Waals surface area contributed by atoms with Crippen molar-refractivity contribution >= 4 is 30.5 Å². The van der Waals surface area contributed by atoms with Crippen molar-refractivity contribution < 1.29 is 4.74 Å². The highest BCUT2D eigenvalue weighted by Gasteiger charge is 1.97. The molecule has 0 bridgehead atoms. The number of hydrogen-bond acceptors (Lipinski definition) is 3. The standard InChI is InChI=1S/C8H12N2O.2ClH/c1-11-8-3-2-6(5-9)4-7(8)10;;/h2-4H,5,9-10H2,1H3;2*1H. The first-order valence-corrected chi connectivity index (χ1v) is 3.40. The molecule has 76 valence electrons. The Labute approximate surface area is 90.3 Å². The fourth-order valence-electron chi connectivity index (χ4n) is 0.911. The summed E-state index contributed by atoms with van der Waals surface area (Å²) in [6.07, 6.45) is 0. The van der Waals surface area contributed by atoms with Gasteiger partial charge in [-0.25, -0.2) is 0 Å². The van der Waals surface area contributed by atoms with E-state index in [1.807, 2.05) is 18.2 Å². The summed E-state index contributed by atoms with van der Waals surface area (Å²) in [5.74, 6) is 0.696. The van der Waals surface area contributed by atoms with E-state index in [2.05, 4.69) is 0 Å². The maximum Gasteiger partial charge on any atom is 0.141 e. The van der Waals surface area contributed by atoms with Crippen LogP contribution >= 0.6 is 24.8 Å². The highest BCUT2D eigenvalue weighted by atomic mass is 35.5. The molecule has 3 nitrogen and oxygen atoms in total. The van der Waals surface area contributed by atoms with Gasteiger partial charge in [0, 0.05) is 6.54 Å². The van der Waals surface area contributed by atoms with Gasteiger partial charge in [0.2, 0.25) is 0 Å². The summed E-state index contributed by atoms with van der Waals surface area (Å²) in [5, 5.41) is 0. The number of rotatable bonds is 2. The Kier molecular flexibility index (Phi) is 7.81. The lowest BCUT2D eigenvalue weighted by Gasteiger charge is -2.04. The van der Waals surface area contributed by atoms with Crippen LogP contribution in [0.1, 0.15) is 5.56 Å². The summed E-state index contributed by atoms with van der Waals surface area (Å²) in [4.78, 5) is 0. The van der Waals surface area contributed by atoms with Crippen LogP contribution in [0.25, 0.3) is 0 Å². The Balaban J connectivity index is 0. The Morgan fingerprint density at radius 2 is 1.92 bits per heavy atom. The van der Waals surface area contributed by atoms with Crippen LogP contribution < -0.4 is 16.2 Å². The molecule has 1 aromatic carbocycles. The molecule has 0 spiro atoms. The molecule has 1 rings (SSSR count). The predicted molar refractivity (Wildman–Crippen MR) is 59.8 cm³/mol. The molecule has 0 fully saturated rings. The fourth-order valence-corrected chi connectivity index (χ4v) is 0.911. The molecule has 5 heteroatoms. The zero-order valence-corrected chi connectivity index (χ0v) is 8.95. The van der Waals surface area contributed by atoms with Crippen LogP contribution in [-0.2, 0) is 6.54 Å². The molecular weight excluding hydrogens is 211 g/mol.